The molecule has 0 aromatic carbocycles. The van der Waals surface area contributed by atoms with Crippen LogP contribution in [0, 0.1) is 5.41 Å². The molecule has 8 nitrogen and oxygen atoms in total. The molecule has 2 saturated heterocycles. The van der Waals surface area contributed by atoms with Gasteiger partial charge >= 0.3 is 12.1 Å². The normalized spacial score (nSPS) is 34.4. The van der Waals surface area contributed by atoms with Gasteiger partial charge in [-0.15, -0.1) is 0 Å². The van der Waals surface area contributed by atoms with Gasteiger partial charge in [0.2, 0.25) is 0 Å². The first-order valence-electron chi connectivity index (χ1n) is 8.45. The van der Waals surface area contributed by atoms with Gasteiger partial charge in [0.05, 0.1) is 31.3 Å². The number of hydrogen-bond acceptors (Lipinski definition) is 6. The third-order valence-electron chi connectivity index (χ3n) is 5.16. The molecule has 4 atom stereocenters. The third kappa shape index (κ3) is 2.88. The number of carbonyl (C=O) groups is 2. The van der Waals surface area contributed by atoms with Gasteiger partial charge in [-0.3, -0.25) is 14.7 Å². The SMILES string of the molecule is CCC1(C(=O)O)C(I)=NN2C1CN(C(=O)OC(C)(C)C)[C@@H]1COC[C@@H]12. The number of nitrogens with zero attached hydrogens (tertiary/aromatic N) is 3. The van der Waals surface area contributed by atoms with E-state index in [0.717, 1.165) is 0 Å². The fourth-order valence-electron chi connectivity index (χ4n) is 3.87. The summed E-state index contributed by atoms with van der Waals surface area (Å²) in [7, 11) is 0. The molecule has 0 aromatic heterocycles. The van der Waals surface area contributed by atoms with E-state index in [9.17, 15) is 14.7 Å². The first-order chi connectivity index (χ1) is 11.6. The quantitative estimate of drug-likeness (QED) is 0.627. The molecule has 0 bridgehead atoms. The van der Waals surface area contributed by atoms with Crippen LogP contribution in [0.3, 0.4) is 0 Å². The number of carboxylic acid groups (broad SMARTS) is 1. The van der Waals surface area contributed by atoms with Gasteiger partial charge in [0, 0.05) is 6.54 Å². The molecule has 2 fully saturated rings. The Labute approximate surface area is 160 Å². The molecular weight excluding hydrogens is 441 g/mol. The summed E-state index contributed by atoms with van der Waals surface area (Å²) in [4.78, 5) is 26.5. The number of fused-ring (bicyclic) bond motifs is 3. The number of ether oxygens (including phenoxy) is 2. The van der Waals surface area contributed by atoms with Gasteiger partial charge in [-0.1, -0.05) is 6.92 Å². The monoisotopic (exact) mass is 465 g/mol. The van der Waals surface area contributed by atoms with Crippen molar-refractivity contribution in [1.29, 1.82) is 0 Å². The lowest BCUT2D eigenvalue weighted by molar-refractivity contribution is -0.150. The average molecular weight is 465 g/mol. The topological polar surface area (TPSA) is 91.7 Å². The van der Waals surface area contributed by atoms with Crippen LogP contribution in [0.15, 0.2) is 5.10 Å². The Morgan fingerprint density at radius 3 is 2.60 bits per heavy atom. The molecule has 0 aliphatic carbocycles. The molecule has 3 aliphatic heterocycles. The summed E-state index contributed by atoms with van der Waals surface area (Å²) >= 11 is 2.02. The molecule has 0 aromatic rings. The third-order valence-corrected chi connectivity index (χ3v) is 6.34. The smallest absolute Gasteiger partial charge is 0.410 e. The van der Waals surface area contributed by atoms with Gasteiger partial charge in [0.25, 0.3) is 0 Å². The second-order valence-corrected chi connectivity index (χ2v) is 8.74. The molecule has 0 radical (unpaired) electrons. The summed E-state index contributed by atoms with van der Waals surface area (Å²) in [5.74, 6) is -0.905. The molecule has 0 spiro atoms. The molecule has 140 valence electrons. The van der Waals surface area contributed by atoms with Crippen LogP contribution in [0.4, 0.5) is 4.79 Å². The summed E-state index contributed by atoms with van der Waals surface area (Å²) in [6.07, 6.45) is -0.0176. The summed E-state index contributed by atoms with van der Waals surface area (Å²) in [5.41, 5.74) is -1.72. The summed E-state index contributed by atoms with van der Waals surface area (Å²) < 4.78 is 11.7. The van der Waals surface area contributed by atoms with E-state index in [0.29, 0.717) is 23.4 Å². The second kappa shape index (κ2) is 6.26. The Morgan fingerprint density at radius 1 is 1.40 bits per heavy atom. The summed E-state index contributed by atoms with van der Waals surface area (Å²) in [5, 5.41) is 16.4. The molecule has 1 amide bonds. The van der Waals surface area contributed by atoms with Crippen LogP contribution in [0.2, 0.25) is 0 Å². The highest BCUT2D eigenvalue weighted by Gasteiger charge is 2.61. The van der Waals surface area contributed by atoms with Crippen molar-refractivity contribution in [2.45, 2.75) is 57.8 Å². The number of amides is 1. The lowest BCUT2D eigenvalue weighted by Gasteiger charge is -2.47. The molecule has 1 N–H and O–H groups in total. The van der Waals surface area contributed by atoms with Gasteiger partial charge in [0.1, 0.15) is 14.7 Å². The van der Waals surface area contributed by atoms with Crippen LogP contribution in [-0.4, -0.2) is 74.3 Å². The molecule has 9 heteroatoms. The zero-order valence-corrected chi connectivity index (χ0v) is 17.0. The fourth-order valence-corrected chi connectivity index (χ4v) is 5.09. The number of aliphatic carboxylic acids is 1. The summed E-state index contributed by atoms with van der Waals surface area (Å²) in [6.45, 7) is 8.39. The van der Waals surface area contributed by atoms with Crippen molar-refractivity contribution in [2.24, 2.45) is 10.5 Å². The van der Waals surface area contributed by atoms with Gasteiger partial charge in [-0.2, -0.15) is 5.10 Å². The van der Waals surface area contributed by atoms with E-state index in [4.69, 9.17) is 9.47 Å². The van der Waals surface area contributed by atoms with Crippen molar-refractivity contribution in [3.8, 4) is 0 Å². The molecule has 2 unspecified atom stereocenters. The van der Waals surface area contributed by atoms with Crippen LogP contribution in [0.25, 0.3) is 0 Å². The molecule has 3 heterocycles. The lowest BCUT2D eigenvalue weighted by atomic mass is 9.77. The Hall–Kier alpha value is -1.10. The Morgan fingerprint density at radius 2 is 2.04 bits per heavy atom. The number of rotatable bonds is 2. The fraction of sp³-hybridized carbons (Fsp3) is 0.812. The van der Waals surface area contributed by atoms with Crippen LogP contribution >= 0.6 is 22.6 Å². The minimum atomic E-state index is -1.10. The number of hydrogen-bond donors (Lipinski definition) is 1. The maximum Gasteiger partial charge on any atom is 0.410 e. The van der Waals surface area contributed by atoms with Crippen molar-refractivity contribution >= 4 is 38.4 Å². The Balaban J connectivity index is 1.95. The largest absolute Gasteiger partial charge is 0.480 e. The van der Waals surface area contributed by atoms with E-state index in [1.807, 2.05) is 55.3 Å². The molecular formula is C16H24IN3O5. The van der Waals surface area contributed by atoms with E-state index in [1.54, 1.807) is 4.90 Å². The van der Waals surface area contributed by atoms with Crippen molar-refractivity contribution < 1.29 is 24.2 Å². The van der Waals surface area contributed by atoms with Gasteiger partial charge in [0.15, 0.2) is 0 Å². The van der Waals surface area contributed by atoms with E-state index in [1.165, 1.54) is 0 Å². The van der Waals surface area contributed by atoms with E-state index in [2.05, 4.69) is 5.10 Å². The number of piperazine rings is 1. The Kier molecular flexibility index (Phi) is 4.68. The zero-order chi connectivity index (χ0) is 18.6. The molecule has 3 aliphatic rings. The van der Waals surface area contributed by atoms with E-state index in [-0.39, 0.29) is 18.6 Å². The Bertz CT molecular complexity index is 619. The number of carboxylic acids is 1. The van der Waals surface area contributed by atoms with Crippen molar-refractivity contribution in [3.63, 3.8) is 0 Å². The molecule has 3 rings (SSSR count). The highest BCUT2D eigenvalue weighted by molar-refractivity contribution is 14.1. The zero-order valence-electron chi connectivity index (χ0n) is 14.9. The van der Waals surface area contributed by atoms with Crippen LogP contribution in [-0.2, 0) is 14.3 Å². The first kappa shape index (κ1) is 18.7. The number of halogens is 1. The second-order valence-electron chi connectivity index (χ2n) is 7.72. The highest BCUT2D eigenvalue weighted by atomic mass is 127. The first-order valence-corrected chi connectivity index (χ1v) is 9.53. The minimum Gasteiger partial charge on any atom is -0.480 e. The number of carbonyl (C=O) groups excluding carboxylic acids is 1. The van der Waals surface area contributed by atoms with Gasteiger partial charge < -0.3 is 14.6 Å². The lowest BCUT2D eigenvalue weighted by Crippen LogP contribution is -2.66. The van der Waals surface area contributed by atoms with Crippen LogP contribution < -0.4 is 0 Å². The highest BCUT2D eigenvalue weighted by Crippen LogP contribution is 2.45. The average Bonchev–Trinajstić information content (AvgIpc) is 3.06. The predicted octanol–water partition coefficient (Wildman–Crippen LogP) is 1.92. The van der Waals surface area contributed by atoms with Crippen LogP contribution in [0.1, 0.15) is 34.1 Å². The summed E-state index contributed by atoms with van der Waals surface area (Å²) in [6, 6.07) is -0.748. The minimum absolute atomic E-state index is 0.149. The number of hydrazone groups is 1. The van der Waals surface area contributed by atoms with Crippen LogP contribution in [0.5, 0.6) is 0 Å². The van der Waals surface area contributed by atoms with E-state index < -0.39 is 29.1 Å². The van der Waals surface area contributed by atoms with E-state index >= 15 is 0 Å². The predicted molar refractivity (Wildman–Crippen MR) is 98.8 cm³/mol. The van der Waals surface area contributed by atoms with Gasteiger partial charge in [-0.05, 0) is 49.8 Å². The standard InChI is InChI=1S/C16H24IN3O5/c1-5-16(13(21)22)11-6-19(14(23)25-15(2,3)4)9-7-24-8-10(9)20(11)18-12(16)17/h9-11H,5-8H2,1-4H3,(H,21,22)/t9-,10+,11?,16?/m1/s1. The maximum absolute atomic E-state index is 12.7. The maximum atomic E-state index is 12.7. The molecule has 0 saturated carbocycles. The van der Waals surface area contributed by atoms with Crippen molar-refractivity contribution in [3.05, 3.63) is 0 Å². The van der Waals surface area contributed by atoms with Crippen molar-refractivity contribution in [1.82, 2.24) is 9.91 Å². The van der Waals surface area contributed by atoms with Gasteiger partial charge in [-0.25, -0.2) is 4.79 Å². The molecule has 25 heavy (non-hydrogen) atoms. The van der Waals surface area contributed by atoms with Crippen molar-refractivity contribution in [2.75, 3.05) is 19.8 Å².